The molecule has 0 aliphatic rings. The van der Waals surface area contributed by atoms with Gasteiger partial charge in [0.05, 0.1) is 13.2 Å². The molecular formula is C20H22N4O5S2. The summed E-state index contributed by atoms with van der Waals surface area (Å²) in [5, 5.41) is 10.1. The normalized spacial score (nSPS) is 12.2. The second-order valence-corrected chi connectivity index (χ2v) is 9.57. The number of benzene rings is 2. The molecule has 0 aliphatic carbocycles. The predicted octanol–water partition coefficient (Wildman–Crippen LogP) is 2.85. The lowest BCUT2D eigenvalue weighted by molar-refractivity contribution is 0.102. The molecule has 11 heteroatoms. The Kier molecular flexibility index (Phi) is 7.21. The molecular weight excluding hydrogens is 440 g/mol. The standard InChI is InChI=1S/C20H22N4O5S2/c1-13-5-4-6-15(11-13)18(25)21-19-22-23-20(30-19)31(26,27)24-14(2)12-29-17-9-7-16(28-3)8-10-17/h4-11,14,24H,12H2,1-3H3,(H,21,22,25)/t14-/m1/s1. The van der Waals surface area contributed by atoms with Crippen molar-refractivity contribution in [2.75, 3.05) is 19.0 Å². The Bertz CT molecular complexity index is 1150. The third-order valence-corrected chi connectivity index (χ3v) is 6.85. The summed E-state index contributed by atoms with van der Waals surface area (Å²) < 4.78 is 38.0. The lowest BCUT2D eigenvalue weighted by atomic mass is 10.1. The molecule has 0 saturated carbocycles. The van der Waals surface area contributed by atoms with Gasteiger partial charge in [-0.05, 0) is 50.2 Å². The van der Waals surface area contributed by atoms with E-state index in [-0.39, 0.29) is 16.1 Å². The van der Waals surface area contributed by atoms with Crippen LogP contribution < -0.4 is 19.5 Å². The van der Waals surface area contributed by atoms with Gasteiger partial charge in [0.1, 0.15) is 18.1 Å². The molecule has 3 rings (SSSR count). The van der Waals surface area contributed by atoms with Crippen LogP contribution in [0.25, 0.3) is 0 Å². The number of nitrogens with one attached hydrogen (secondary N) is 2. The minimum atomic E-state index is -3.92. The number of sulfonamides is 1. The topological polar surface area (TPSA) is 120 Å². The minimum absolute atomic E-state index is 0.0917. The molecule has 0 unspecified atom stereocenters. The van der Waals surface area contributed by atoms with Crippen molar-refractivity contribution in [2.45, 2.75) is 24.2 Å². The van der Waals surface area contributed by atoms with Crippen molar-refractivity contribution < 1.29 is 22.7 Å². The van der Waals surface area contributed by atoms with E-state index in [1.165, 1.54) is 0 Å². The highest BCUT2D eigenvalue weighted by Gasteiger charge is 2.23. The smallest absolute Gasteiger partial charge is 0.270 e. The molecule has 0 fully saturated rings. The molecule has 1 heterocycles. The number of anilines is 1. The molecule has 2 N–H and O–H groups in total. The number of nitrogens with zero attached hydrogens (tertiary/aromatic N) is 2. The molecule has 1 atom stereocenters. The fraction of sp³-hybridized carbons (Fsp3) is 0.250. The summed E-state index contributed by atoms with van der Waals surface area (Å²) in [5.74, 6) is 0.893. The maximum Gasteiger partial charge on any atom is 0.270 e. The first-order valence-electron chi connectivity index (χ1n) is 9.27. The number of rotatable bonds is 9. The number of methoxy groups -OCH3 is 1. The first-order valence-corrected chi connectivity index (χ1v) is 11.6. The number of amides is 1. The van der Waals surface area contributed by atoms with E-state index in [1.54, 1.807) is 56.5 Å². The van der Waals surface area contributed by atoms with Crippen molar-refractivity contribution in [1.82, 2.24) is 14.9 Å². The van der Waals surface area contributed by atoms with E-state index < -0.39 is 22.0 Å². The van der Waals surface area contributed by atoms with Crippen LogP contribution in [0.5, 0.6) is 11.5 Å². The molecule has 1 amide bonds. The molecule has 0 bridgehead atoms. The van der Waals surface area contributed by atoms with E-state index in [0.717, 1.165) is 16.9 Å². The van der Waals surface area contributed by atoms with Gasteiger partial charge in [-0.15, -0.1) is 10.2 Å². The van der Waals surface area contributed by atoms with Crippen molar-refractivity contribution >= 4 is 32.4 Å². The van der Waals surface area contributed by atoms with Crippen molar-refractivity contribution in [2.24, 2.45) is 0 Å². The first-order chi connectivity index (χ1) is 14.8. The Labute approximate surface area is 184 Å². The number of aryl methyl sites for hydroxylation is 1. The Morgan fingerprint density at radius 2 is 1.84 bits per heavy atom. The highest BCUT2D eigenvalue weighted by Crippen LogP contribution is 2.21. The van der Waals surface area contributed by atoms with Crippen LogP contribution in [-0.4, -0.2) is 44.3 Å². The maximum absolute atomic E-state index is 12.6. The van der Waals surface area contributed by atoms with Gasteiger partial charge in [-0.2, -0.15) is 0 Å². The minimum Gasteiger partial charge on any atom is -0.497 e. The van der Waals surface area contributed by atoms with Crippen molar-refractivity contribution in [3.8, 4) is 11.5 Å². The van der Waals surface area contributed by atoms with E-state index in [1.807, 2.05) is 13.0 Å². The van der Waals surface area contributed by atoms with Gasteiger partial charge < -0.3 is 9.47 Å². The molecule has 164 valence electrons. The van der Waals surface area contributed by atoms with Gasteiger partial charge in [0.15, 0.2) is 0 Å². The quantitative estimate of drug-likeness (QED) is 0.469. The highest BCUT2D eigenvalue weighted by molar-refractivity contribution is 7.91. The summed E-state index contributed by atoms with van der Waals surface area (Å²) in [4.78, 5) is 12.3. The zero-order valence-corrected chi connectivity index (χ0v) is 18.8. The van der Waals surface area contributed by atoms with E-state index in [4.69, 9.17) is 9.47 Å². The van der Waals surface area contributed by atoms with Crippen molar-refractivity contribution in [3.63, 3.8) is 0 Å². The highest BCUT2D eigenvalue weighted by atomic mass is 32.2. The lowest BCUT2D eigenvalue weighted by Crippen LogP contribution is -2.36. The third kappa shape index (κ3) is 6.23. The summed E-state index contributed by atoms with van der Waals surface area (Å²) in [6.07, 6.45) is 0. The number of carbonyl (C=O) groups is 1. The van der Waals surface area contributed by atoms with E-state index in [2.05, 4.69) is 20.2 Å². The molecule has 9 nitrogen and oxygen atoms in total. The molecule has 0 spiro atoms. The Morgan fingerprint density at radius 1 is 1.13 bits per heavy atom. The van der Waals surface area contributed by atoms with Gasteiger partial charge in [-0.1, -0.05) is 29.0 Å². The fourth-order valence-electron chi connectivity index (χ4n) is 2.57. The van der Waals surface area contributed by atoms with Crippen LogP contribution >= 0.6 is 11.3 Å². The van der Waals surface area contributed by atoms with E-state index in [0.29, 0.717) is 17.1 Å². The summed E-state index contributed by atoms with van der Waals surface area (Å²) >= 11 is 0.768. The number of hydrogen-bond acceptors (Lipinski definition) is 8. The largest absolute Gasteiger partial charge is 0.497 e. The monoisotopic (exact) mass is 462 g/mol. The van der Waals surface area contributed by atoms with Crippen LogP contribution in [0.15, 0.2) is 52.9 Å². The Hall–Kier alpha value is -3.02. The Morgan fingerprint density at radius 3 is 2.52 bits per heavy atom. The van der Waals surface area contributed by atoms with Crippen LogP contribution in [0.1, 0.15) is 22.8 Å². The lowest BCUT2D eigenvalue weighted by Gasteiger charge is -2.14. The van der Waals surface area contributed by atoms with Gasteiger partial charge >= 0.3 is 0 Å². The summed E-state index contributed by atoms with van der Waals surface area (Å²) in [7, 11) is -2.35. The van der Waals surface area contributed by atoms with Crippen LogP contribution in [0.3, 0.4) is 0 Å². The van der Waals surface area contributed by atoms with Crippen LogP contribution in [0.4, 0.5) is 5.13 Å². The maximum atomic E-state index is 12.6. The van der Waals surface area contributed by atoms with Crippen LogP contribution in [0, 0.1) is 6.92 Å². The zero-order valence-electron chi connectivity index (χ0n) is 17.2. The van der Waals surface area contributed by atoms with Crippen molar-refractivity contribution in [3.05, 3.63) is 59.7 Å². The number of carbonyl (C=O) groups excluding carboxylic acids is 1. The SMILES string of the molecule is COc1ccc(OC[C@@H](C)NS(=O)(=O)c2nnc(NC(=O)c3cccc(C)c3)s2)cc1. The van der Waals surface area contributed by atoms with Gasteiger partial charge in [-0.25, -0.2) is 13.1 Å². The van der Waals surface area contributed by atoms with E-state index in [9.17, 15) is 13.2 Å². The Balaban J connectivity index is 1.57. The molecule has 1 aromatic heterocycles. The summed E-state index contributed by atoms with van der Waals surface area (Å²) in [5.41, 5.74) is 1.38. The second-order valence-electron chi connectivity index (χ2n) is 6.71. The fourth-order valence-corrected chi connectivity index (χ4v) is 4.71. The molecule has 3 aromatic rings. The third-order valence-electron chi connectivity index (χ3n) is 4.05. The number of ether oxygens (including phenoxy) is 2. The van der Waals surface area contributed by atoms with Gasteiger partial charge in [0, 0.05) is 5.56 Å². The average Bonchev–Trinajstić information content (AvgIpc) is 3.22. The second kappa shape index (κ2) is 9.86. The molecule has 0 radical (unpaired) electrons. The predicted molar refractivity (Wildman–Crippen MR) is 117 cm³/mol. The summed E-state index contributed by atoms with van der Waals surface area (Å²) in [6, 6.07) is 13.4. The summed E-state index contributed by atoms with van der Waals surface area (Å²) in [6.45, 7) is 3.65. The molecule has 2 aromatic carbocycles. The average molecular weight is 463 g/mol. The first kappa shape index (κ1) is 22.7. The number of hydrogen-bond donors (Lipinski definition) is 2. The van der Waals surface area contributed by atoms with Crippen LogP contribution in [-0.2, 0) is 10.0 Å². The van der Waals surface area contributed by atoms with Crippen molar-refractivity contribution in [1.29, 1.82) is 0 Å². The van der Waals surface area contributed by atoms with E-state index >= 15 is 0 Å². The number of aromatic nitrogens is 2. The molecule has 0 saturated heterocycles. The molecule has 31 heavy (non-hydrogen) atoms. The van der Waals surface area contributed by atoms with Crippen LogP contribution in [0.2, 0.25) is 0 Å². The van der Waals surface area contributed by atoms with Gasteiger partial charge in [0.2, 0.25) is 9.47 Å². The van der Waals surface area contributed by atoms with Gasteiger partial charge in [-0.3, -0.25) is 10.1 Å². The zero-order chi connectivity index (χ0) is 22.4. The van der Waals surface area contributed by atoms with Gasteiger partial charge in [0.25, 0.3) is 15.9 Å². The molecule has 0 aliphatic heterocycles.